The largest absolute Gasteiger partial charge is 0.310 e. The Hall–Kier alpha value is -0.820. The Bertz CT molecular complexity index is 238. The molecule has 0 saturated heterocycles. The zero-order chi connectivity index (χ0) is 12.4. The second-order valence-corrected chi connectivity index (χ2v) is 3.89. The third kappa shape index (κ3) is 5.32. The fraction of sp³-hybridized carbons (Fsp3) is 0.600. The highest BCUT2D eigenvalue weighted by Gasteiger charge is 2.11. The number of rotatable bonds is 5. The first-order valence-corrected chi connectivity index (χ1v) is 6.46. The van der Waals surface area contributed by atoms with Gasteiger partial charge in [0.2, 0.25) is 0 Å². The van der Waals surface area contributed by atoms with Crippen LogP contribution >= 0.6 is 0 Å². The van der Waals surface area contributed by atoms with E-state index in [0.29, 0.717) is 6.04 Å². The van der Waals surface area contributed by atoms with Crippen molar-refractivity contribution >= 4 is 0 Å². The van der Waals surface area contributed by atoms with Crippen molar-refractivity contribution in [2.24, 2.45) is 5.92 Å². The highest BCUT2D eigenvalue weighted by Crippen LogP contribution is 2.16. The standard InChI is InChI=1S/C13H21N.C2H6/c1-4-13(5-2)11(3)14-10-12-8-6-7-9-12;1-2/h4-6,8,11-12,14H,1,7,9-10H2,2-3H3;1-2H3/b13-5+;. The fourth-order valence-corrected chi connectivity index (χ4v) is 1.86. The Morgan fingerprint density at radius 1 is 1.56 bits per heavy atom. The van der Waals surface area contributed by atoms with Gasteiger partial charge in [0, 0.05) is 12.6 Å². The summed E-state index contributed by atoms with van der Waals surface area (Å²) in [5.74, 6) is 0.736. The Labute approximate surface area is 101 Å². The van der Waals surface area contributed by atoms with Gasteiger partial charge in [-0.2, -0.15) is 0 Å². The van der Waals surface area contributed by atoms with Gasteiger partial charge in [-0.15, -0.1) is 0 Å². The van der Waals surface area contributed by atoms with Crippen LogP contribution in [0, 0.1) is 5.92 Å². The van der Waals surface area contributed by atoms with E-state index in [-0.39, 0.29) is 0 Å². The van der Waals surface area contributed by atoms with Crippen molar-refractivity contribution < 1.29 is 0 Å². The van der Waals surface area contributed by atoms with Gasteiger partial charge in [-0.05, 0) is 38.2 Å². The van der Waals surface area contributed by atoms with Gasteiger partial charge in [-0.3, -0.25) is 0 Å². The number of nitrogens with one attached hydrogen (secondary N) is 1. The van der Waals surface area contributed by atoms with Crippen LogP contribution in [0.25, 0.3) is 0 Å². The molecule has 2 atom stereocenters. The summed E-state index contributed by atoms with van der Waals surface area (Å²) in [7, 11) is 0. The minimum absolute atomic E-state index is 0.423. The molecule has 0 bridgehead atoms. The second kappa shape index (κ2) is 9.41. The lowest BCUT2D eigenvalue weighted by Gasteiger charge is -2.17. The van der Waals surface area contributed by atoms with Gasteiger partial charge in [0.1, 0.15) is 0 Å². The summed E-state index contributed by atoms with van der Waals surface area (Å²) in [4.78, 5) is 0. The summed E-state index contributed by atoms with van der Waals surface area (Å²) in [5, 5.41) is 3.54. The minimum Gasteiger partial charge on any atom is -0.310 e. The Balaban J connectivity index is 0.00000106. The lowest BCUT2D eigenvalue weighted by molar-refractivity contribution is 0.518. The molecule has 1 aliphatic rings. The Morgan fingerprint density at radius 2 is 2.25 bits per heavy atom. The molecule has 1 heteroatoms. The Kier molecular flexibility index (Phi) is 8.93. The van der Waals surface area contributed by atoms with E-state index in [1.54, 1.807) is 0 Å². The molecule has 0 aromatic carbocycles. The first-order chi connectivity index (χ1) is 7.77. The van der Waals surface area contributed by atoms with E-state index in [0.717, 1.165) is 12.5 Å². The van der Waals surface area contributed by atoms with Gasteiger partial charge in [-0.25, -0.2) is 0 Å². The topological polar surface area (TPSA) is 12.0 Å². The first kappa shape index (κ1) is 15.2. The zero-order valence-electron chi connectivity index (χ0n) is 11.3. The monoisotopic (exact) mass is 221 g/mol. The molecule has 1 rings (SSSR count). The van der Waals surface area contributed by atoms with E-state index >= 15 is 0 Å². The van der Waals surface area contributed by atoms with Gasteiger partial charge in [0.25, 0.3) is 0 Å². The molecule has 92 valence electrons. The van der Waals surface area contributed by atoms with Crippen LogP contribution in [0.2, 0.25) is 0 Å². The van der Waals surface area contributed by atoms with E-state index < -0.39 is 0 Å². The quantitative estimate of drug-likeness (QED) is 0.544. The van der Waals surface area contributed by atoms with Crippen LogP contribution in [0.15, 0.2) is 36.5 Å². The molecule has 0 spiro atoms. The predicted molar refractivity (Wildman–Crippen MR) is 74.6 cm³/mol. The molecule has 2 unspecified atom stereocenters. The molecular formula is C15H27N. The maximum absolute atomic E-state index is 3.81. The van der Waals surface area contributed by atoms with Crippen LogP contribution in [0.3, 0.4) is 0 Å². The molecule has 0 amide bonds. The van der Waals surface area contributed by atoms with Gasteiger partial charge in [0.15, 0.2) is 0 Å². The number of allylic oxidation sites excluding steroid dienone is 2. The molecule has 1 nitrogen and oxygen atoms in total. The lowest BCUT2D eigenvalue weighted by Crippen LogP contribution is -2.31. The summed E-state index contributed by atoms with van der Waals surface area (Å²) in [5.41, 5.74) is 1.28. The lowest BCUT2D eigenvalue weighted by atomic mass is 10.1. The van der Waals surface area contributed by atoms with Gasteiger partial charge < -0.3 is 5.32 Å². The van der Waals surface area contributed by atoms with E-state index in [4.69, 9.17) is 0 Å². The third-order valence-electron chi connectivity index (χ3n) is 2.87. The van der Waals surface area contributed by atoms with Crippen molar-refractivity contribution in [1.82, 2.24) is 5.32 Å². The van der Waals surface area contributed by atoms with E-state index in [2.05, 4.69) is 44.0 Å². The predicted octanol–water partition coefficient (Wildman–Crippen LogP) is 4.09. The van der Waals surface area contributed by atoms with Crippen LogP contribution in [0.4, 0.5) is 0 Å². The first-order valence-electron chi connectivity index (χ1n) is 6.46. The van der Waals surface area contributed by atoms with Crippen LogP contribution in [0.5, 0.6) is 0 Å². The van der Waals surface area contributed by atoms with Crippen LogP contribution < -0.4 is 5.32 Å². The van der Waals surface area contributed by atoms with Gasteiger partial charge in [-0.1, -0.05) is 44.7 Å². The molecule has 0 aromatic heterocycles. The van der Waals surface area contributed by atoms with Crippen molar-refractivity contribution in [3.8, 4) is 0 Å². The van der Waals surface area contributed by atoms with Crippen molar-refractivity contribution in [1.29, 1.82) is 0 Å². The maximum atomic E-state index is 3.81. The summed E-state index contributed by atoms with van der Waals surface area (Å²) >= 11 is 0. The third-order valence-corrected chi connectivity index (χ3v) is 2.87. The highest BCUT2D eigenvalue weighted by atomic mass is 14.9. The number of hydrogen-bond acceptors (Lipinski definition) is 1. The molecule has 0 saturated carbocycles. The zero-order valence-corrected chi connectivity index (χ0v) is 11.3. The Morgan fingerprint density at radius 3 is 2.69 bits per heavy atom. The van der Waals surface area contributed by atoms with Gasteiger partial charge >= 0.3 is 0 Å². The second-order valence-electron chi connectivity index (χ2n) is 3.89. The SMILES string of the molecule is C=C/C(=C\C)C(C)NCC1C=CCC1.CC. The smallest absolute Gasteiger partial charge is 0.0288 e. The average Bonchev–Trinajstić information content (AvgIpc) is 2.83. The summed E-state index contributed by atoms with van der Waals surface area (Å²) in [6.45, 7) is 13.1. The van der Waals surface area contributed by atoms with Crippen LogP contribution in [-0.4, -0.2) is 12.6 Å². The van der Waals surface area contributed by atoms with Crippen LogP contribution in [0.1, 0.15) is 40.5 Å². The van der Waals surface area contributed by atoms with E-state index in [9.17, 15) is 0 Å². The van der Waals surface area contributed by atoms with Crippen LogP contribution in [-0.2, 0) is 0 Å². The van der Waals surface area contributed by atoms with Gasteiger partial charge in [0.05, 0.1) is 0 Å². The maximum Gasteiger partial charge on any atom is 0.0288 e. The molecule has 16 heavy (non-hydrogen) atoms. The molecule has 0 fully saturated rings. The van der Waals surface area contributed by atoms with E-state index in [1.807, 2.05) is 19.9 Å². The number of hydrogen-bond donors (Lipinski definition) is 1. The minimum atomic E-state index is 0.423. The van der Waals surface area contributed by atoms with Crippen molar-refractivity contribution in [2.45, 2.75) is 46.6 Å². The van der Waals surface area contributed by atoms with Crippen molar-refractivity contribution in [3.05, 3.63) is 36.5 Å². The summed E-state index contributed by atoms with van der Waals surface area (Å²) in [6.07, 6.45) is 11.2. The fourth-order valence-electron chi connectivity index (χ4n) is 1.86. The highest BCUT2D eigenvalue weighted by molar-refractivity contribution is 5.21. The molecule has 1 N–H and O–H groups in total. The molecule has 1 aliphatic carbocycles. The molecule has 0 heterocycles. The van der Waals surface area contributed by atoms with E-state index in [1.165, 1.54) is 18.4 Å². The average molecular weight is 221 g/mol. The van der Waals surface area contributed by atoms with Crippen molar-refractivity contribution in [2.75, 3.05) is 6.54 Å². The summed E-state index contributed by atoms with van der Waals surface area (Å²) < 4.78 is 0. The molecule has 0 aromatic rings. The molecule has 0 aliphatic heterocycles. The molecular weight excluding hydrogens is 194 g/mol. The normalized spacial score (nSPS) is 21.2. The molecule has 0 radical (unpaired) electrons. The summed E-state index contributed by atoms with van der Waals surface area (Å²) in [6, 6.07) is 0.423. The van der Waals surface area contributed by atoms with Crippen molar-refractivity contribution in [3.63, 3.8) is 0 Å².